The Kier molecular flexibility index (Phi) is 4.09. The van der Waals surface area contributed by atoms with Gasteiger partial charge < -0.3 is 4.57 Å². The van der Waals surface area contributed by atoms with Crippen molar-refractivity contribution in [1.82, 2.24) is 9.55 Å². The number of pyridine rings is 1. The fraction of sp³-hybridized carbons (Fsp3) is 0.105. The Hall–Kier alpha value is -2.24. The molecule has 4 rings (SSSR count). The van der Waals surface area contributed by atoms with E-state index < -0.39 is 12.7 Å². The van der Waals surface area contributed by atoms with Crippen LogP contribution in [0.2, 0.25) is 10.0 Å². The van der Waals surface area contributed by atoms with Crippen LogP contribution >= 0.6 is 23.2 Å². The Morgan fingerprint density at radius 3 is 2.35 bits per heavy atom. The number of alkyl halides is 3. The van der Waals surface area contributed by atoms with Gasteiger partial charge in [0.15, 0.2) is 0 Å². The zero-order valence-corrected chi connectivity index (χ0v) is 14.7. The number of hydrogen-bond donors (Lipinski definition) is 0. The first-order valence-corrected chi connectivity index (χ1v) is 8.47. The van der Waals surface area contributed by atoms with Crippen molar-refractivity contribution in [3.8, 4) is 11.1 Å². The molecule has 2 heterocycles. The first kappa shape index (κ1) is 17.2. The summed E-state index contributed by atoms with van der Waals surface area (Å²) in [5, 5.41) is 2.33. The second-order valence-electron chi connectivity index (χ2n) is 5.95. The summed E-state index contributed by atoms with van der Waals surface area (Å²) in [6.07, 6.45) is -1.37. The smallest absolute Gasteiger partial charge is 0.329 e. The van der Waals surface area contributed by atoms with E-state index in [0.29, 0.717) is 37.4 Å². The molecule has 0 aliphatic heterocycles. The molecule has 4 aromatic rings. The molecule has 0 bridgehead atoms. The molecule has 2 aromatic heterocycles. The monoisotopic (exact) mass is 394 g/mol. The summed E-state index contributed by atoms with van der Waals surface area (Å²) in [4.78, 5) is 4.00. The van der Waals surface area contributed by atoms with Gasteiger partial charge in [-0.2, -0.15) is 13.2 Å². The number of rotatable bonds is 2. The molecular formula is C19H11Cl2F3N2. The van der Waals surface area contributed by atoms with Crippen LogP contribution in [0.25, 0.3) is 32.9 Å². The molecule has 0 N–H and O–H groups in total. The van der Waals surface area contributed by atoms with Gasteiger partial charge in [0.2, 0.25) is 0 Å². The van der Waals surface area contributed by atoms with Crippen LogP contribution in [0, 0.1) is 0 Å². The van der Waals surface area contributed by atoms with Crippen LogP contribution in [0.1, 0.15) is 0 Å². The Morgan fingerprint density at radius 1 is 0.923 bits per heavy atom. The zero-order chi connectivity index (χ0) is 18.5. The number of benzene rings is 2. The minimum absolute atomic E-state index is 0.414. The Morgan fingerprint density at radius 2 is 1.65 bits per heavy atom. The van der Waals surface area contributed by atoms with Gasteiger partial charge in [0.1, 0.15) is 6.54 Å². The highest BCUT2D eigenvalue weighted by molar-refractivity contribution is 6.33. The SMILES string of the molecule is FC(F)(F)Cn1c2cnccc2c2cc(Cl)cc(-c3ccc(Cl)cc3)c21. The summed E-state index contributed by atoms with van der Waals surface area (Å²) in [6.45, 7) is -1.11. The average molecular weight is 395 g/mol. The topological polar surface area (TPSA) is 17.8 Å². The highest BCUT2D eigenvalue weighted by Crippen LogP contribution is 2.39. The highest BCUT2D eigenvalue weighted by Gasteiger charge is 2.30. The average Bonchev–Trinajstić information content (AvgIpc) is 2.88. The van der Waals surface area contributed by atoms with Crippen LogP contribution in [0.3, 0.4) is 0 Å². The molecule has 0 atom stereocenters. The molecule has 0 saturated heterocycles. The number of fused-ring (bicyclic) bond motifs is 3. The van der Waals surface area contributed by atoms with E-state index in [4.69, 9.17) is 23.2 Å². The van der Waals surface area contributed by atoms with E-state index in [2.05, 4.69) is 4.98 Å². The fourth-order valence-corrected chi connectivity index (χ4v) is 3.58. The van der Waals surface area contributed by atoms with E-state index >= 15 is 0 Å². The normalized spacial score (nSPS) is 12.2. The van der Waals surface area contributed by atoms with Crippen LogP contribution < -0.4 is 0 Å². The number of hydrogen-bond acceptors (Lipinski definition) is 1. The van der Waals surface area contributed by atoms with Crippen molar-refractivity contribution in [2.45, 2.75) is 12.7 Å². The number of nitrogens with zero attached hydrogens (tertiary/aromatic N) is 2. The lowest BCUT2D eigenvalue weighted by molar-refractivity contribution is -0.139. The highest BCUT2D eigenvalue weighted by atomic mass is 35.5. The molecule has 0 unspecified atom stereocenters. The van der Waals surface area contributed by atoms with Gasteiger partial charge in [-0.3, -0.25) is 4.98 Å². The Labute approximate surface area is 156 Å². The van der Waals surface area contributed by atoms with Gasteiger partial charge in [-0.1, -0.05) is 35.3 Å². The predicted octanol–water partition coefficient (Wildman–Crippen LogP) is 6.73. The largest absolute Gasteiger partial charge is 0.406 e. The van der Waals surface area contributed by atoms with Crippen molar-refractivity contribution >= 4 is 45.0 Å². The first-order valence-electron chi connectivity index (χ1n) is 7.72. The van der Waals surface area contributed by atoms with Gasteiger partial charge in [0, 0.05) is 32.6 Å². The lowest BCUT2D eigenvalue weighted by atomic mass is 10.0. The van der Waals surface area contributed by atoms with Gasteiger partial charge in [-0.05, 0) is 35.9 Å². The minimum Gasteiger partial charge on any atom is -0.329 e. The lowest BCUT2D eigenvalue weighted by Gasteiger charge is -2.13. The molecule has 0 aliphatic rings. The Balaban J connectivity index is 2.13. The molecule has 0 radical (unpaired) electrons. The second kappa shape index (κ2) is 6.18. The van der Waals surface area contributed by atoms with E-state index in [0.717, 1.165) is 5.56 Å². The van der Waals surface area contributed by atoms with E-state index in [1.54, 1.807) is 48.7 Å². The van der Waals surface area contributed by atoms with Crippen molar-refractivity contribution in [2.75, 3.05) is 0 Å². The van der Waals surface area contributed by atoms with E-state index in [1.165, 1.54) is 10.8 Å². The summed E-state index contributed by atoms with van der Waals surface area (Å²) >= 11 is 12.2. The Bertz CT molecular complexity index is 1120. The molecule has 132 valence electrons. The van der Waals surface area contributed by atoms with Crippen LogP contribution in [0.15, 0.2) is 54.9 Å². The molecule has 26 heavy (non-hydrogen) atoms. The summed E-state index contributed by atoms with van der Waals surface area (Å²) in [5.74, 6) is 0. The molecule has 0 aliphatic carbocycles. The molecule has 7 heteroatoms. The maximum absolute atomic E-state index is 13.3. The summed E-state index contributed by atoms with van der Waals surface area (Å²) in [7, 11) is 0. The van der Waals surface area contributed by atoms with Crippen molar-refractivity contribution in [3.63, 3.8) is 0 Å². The molecule has 2 nitrogen and oxygen atoms in total. The van der Waals surface area contributed by atoms with Crippen molar-refractivity contribution in [3.05, 3.63) is 64.9 Å². The maximum atomic E-state index is 13.3. The maximum Gasteiger partial charge on any atom is 0.406 e. The quantitative estimate of drug-likeness (QED) is 0.368. The van der Waals surface area contributed by atoms with Crippen LogP contribution in [-0.2, 0) is 6.54 Å². The third kappa shape index (κ3) is 3.02. The molecule has 0 fully saturated rings. The van der Waals surface area contributed by atoms with Crippen molar-refractivity contribution in [1.29, 1.82) is 0 Å². The van der Waals surface area contributed by atoms with Gasteiger partial charge >= 0.3 is 6.18 Å². The molecule has 0 spiro atoms. The molecule has 0 amide bonds. The molecular weight excluding hydrogens is 384 g/mol. The van der Waals surface area contributed by atoms with Crippen LogP contribution in [-0.4, -0.2) is 15.7 Å². The van der Waals surface area contributed by atoms with E-state index in [9.17, 15) is 13.2 Å². The van der Waals surface area contributed by atoms with Crippen LogP contribution in [0.4, 0.5) is 13.2 Å². The van der Waals surface area contributed by atoms with Gasteiger partial charge in [-0.15, -0.1) is 0 Å². The summed E-state index contributed by atoms with van der Waals surface area (Å²) in [6, 6.07) is 12.0. The third-order valence-electron chi connectivity index (χ3n) is 4.22. The van der Waals surface area contributed by atoms with Crippen molar-refractivity contribution < 1.29 is 13.2 Å². The summed E-state index contributed by atoms with van der Waals surface area (Å²) in [5.41, 5.74) is 2.24. The third-order valence-corrected chi connectivity index (χ3v) is 4.69. The summed E-state index contributed by atoms with van der Waals surface area (Å²) < 4.78 is 41.0. The zero-order valence-electron chi connectivity index (χ0n) is 13.2. The number of halogens is 5. The van der Waals surface area contributed by atoms with Gasteiger partial charge in [0.25, 0.3) is 0 Å². The molecule has 2 aromatic carbocycles. The fourth-order valence-electron chi connectivity index (χ4n) is 3.24. The molecule has 0 saturated carbocycles. The lowest BCUT2D eigenvalue weighted by Crippen LogP contribution is -2.17. The van der Waals surface area contributed by atoms with E-state index in [-0.39, 0.29) is 0 Å². The predicted molar refractivity (Wildman–Crippen MR) is 98.8 cm³/mol. The van der Waals surface area contributed by atoms with Crippen molar-refractivity contribution in [2.24, 2.45) is 0 Å². The van der Waals surface area contributed by atoms with Crippen LogP contribution in [0.5, 0.6) is 0 Å². The van der Waals surface area contributed by atoms with Gasteiger partial charge in [0.05, 0.1) is 17.2 Å². The number of aromatic nitrogens is 2. The first-order chi connectivity index (χ1) is 12.3. The standard InChI is InChI=1S/C19H11Cl2F3N2/c20-12-3-1-11(2-4-12)15-7-13(21)8-16-14-5-6-25-9-17(14)26(18(15)16)10-19(22,23)24/h1-9H,10H2. The minimum atomic E-state index is -4.37. The van der Waals surface area contributed by atoms with Gasteiger partial charge in [-0.25, -0.2) is 0 Å². The second-order valence-corrected chi connectivity index (χ2v) is 6.82. The van der Waals surface area contributed by atoms with E-state index in [1.807, 2.05) is 0 Å².